The summed E-state index contributed by atoms with van der Waals surface area (Å²) in [5.41, 5.74) is 0.346. The minimum absolute atomic E-state index is 0.160. The second-order valence-corrected chi connectivity index (χ2v) is 7.06. The highest BCUT2D eigenvalue weighted by Crippen LogP contribution is 2.39. The van der Waals surface area contributed by atoms with Crippen molar-refractivity contribution in [3.05, 3.63) is 0 Å². The van der Waals surface area contributed by atoms with Crippen LogP contribution in [0, 0.1) is 17.3 Å². The molecule has 1 aliphatic rings. The average molecular weight is 283 g/mol. The molecular formula is C16H29NO3. The lowest BCUT2D eigenvalue weighted by Crippen LogP contribution is -2.35. The number of amides is 1. The summed E-state index contributed by atoms with van der Waals surface area (Å²) in [6.07, 6.45) is 5.82. The van der Waals surface area contributed by atoms with Gasteiger partial charge in [0.2, 0.25) is 5.91 Å². The Hall–Kier alpha value is -1.06. The van der Waals surface area contributed by atoms with E-state index < -0.39 is 5.97 Å². The van der Waals surface area contributed by atoms with Crippen LogP contribution in [0.5, 0.6) is 0 Å². The van der Waals surface area contributed by atoms with E-state index in [0.29, 0.717) is 18.4 Å². The Kier molecular flexibility index (Phi) is 6.50. The van der Waals surface area contributed by atoms with Gasteiger partial charge < -0.3 is 10.4 Å². The van der Waals surface area contributed by atoms with Gasteiger partial charge in [-0.05, 0) is 49.9 Å². The summed E-state index contributed by atoms with van der Waals surface area (Å²) in [5.74, 6) is 0.278. The van der Waals surface area contributed by atoms with Gasteiger partial charge in [-0.1, -0.05) is 20.8 Å². The first-order valence-electron chi connectivity index (χ1n) is 7.80. The fraction of sp³-hybridized carbons (Fsp3) is 0.875. The maximum atomic E-state index is 12.0. The van der Waals surface area contributed by atoms with Gasteiger partial charge in [-0.2, -0.15) is 0 Å². The SMILES string of the molecule is CC(C)(C)C1CCC(C(=O)NCCCCC(=O)O)CC1. The first kappa shape index (κ1) is 17.0. The van der Waals surface area contributed by atoms with Crippen molar-refractivity contribution in [3.63, 3.8) is 0 Å². The van der Waals surface area contributed by atoms with Crippen LogP contribution in [0.3, 0.4) is 0 Å². The molecule has 0 radical (unpaired) electrons. The van der Waals surface area contributed by atoms with Gasteiger partial charge in [0.1, 0.15) is 0 Å². The second kappa shape index (κ2) is 7.65. The Morgan fingerprint density at radius 3 is 2.20 bits per heavy atom. The second-order valence-electron chi connectivity index (χ2n) is 7.06. The summed E-state index contributed by atoms with van der Waals surface area (Å²) in [4.78, 5) is 22.4. The number of carboxylic acids is 1. The van der Waals surface area contributed by atoms with Gasteiger partial charge >= 0.3 is 5.97 Å². The lowest BCUT2D eigenvalue weighted by atomic mass is 9.69. The number of carboxylic acid groups (broad SMARTS) is 1. The molecule has 1 rings (SSSR count). The zero-order valence-corrected chi connectivity index (χ0v) is 13.1. The molecule has 4 heteroatoms. The van der Waals surface area contributed by atoms with Crippen LogP contribution < -0.4 is 5.32 Å². The molecule has 116 valence electrons. The Morgan fingerprint density at radius 2 is 1.70 bits per heavy atom. The Labute approximate surface area is 122 Å². The van der Waals surface area contributed by atoms with Crippen molar-refractivity contribution in [2.75, 3.05) is 6.54 Å². The van der Waals surface area contributed by atoms with Gasteiger partial charge in [0.05, 0.1) is 0 Å². The molecule has 0 spiro atoms. The summed E-state index contributed by atoms with van der Waals surface area (Å²) in [5, 5.41) is 11.5. The van der Waals surface area contributed by atoms with E-state index in [1.54, 1.807) is 0 Å². The first-order valence-corrected chi connectivity index (χ1v) is 7.80. The molecule has 1 saturated carbocycles. The fourth-order valence-electron chi connectivity index (χ4n) is 2.98. The van der Waals surface area contributed by atoms with E-state index in [1.165, 1.54) is 0 Å². The van der Waals surface area contributed by atoms with E-state index in [2.05, 4.69) is 26.1 Å². The molecule has 0 aromatic carbocycles. The summed E-state index contributed by atoms with van der Waals surface area (Å²) in [7, 11) is 0. The van der Waals surface area contributed by atoms with Crippen LogP contribution in [0.15, 0.2) is 0 Å². The van der Waals surface area contributed by atoms with Crippen molar-refractivity contribution in [3.8, 4) is 0 Å². The third kappa shape index (κ3) is 5.93. The van der Waals surface area contributed by atoms with Crippen LogP contribution in [0.25, 0.3) is 0 Å². The monoisotopic (exact) mass is 283 g/mol. The van der Waals surface area contributed by atoms with Crippen LogP contribution in [0.1, 0.15) is 65.7 Å². The molecule has 0 aliphatic heterocycles. The predicted molar refractivity (Wildman–Crippen MR) is 79.4 cm³/mol. The van der Waals surface area contributed by atoms with Crippen molar-refractivity contribution < 1.29 is 14.7 Å². The Morgan fingerprint density at radius 1 is 1.10 bits per heavy atom. The topological polar surface area (TPSA) is 66.4 Å². The number of rotatable bonds is 6. The number of carbonyl (C=O) groups excluding carboxylic acids is 1. The summed E-state index contributed by atoms with van der Waals surface area (Å²) in [6, 6.07) is 0. The Bertz CT molecular complexity index is 325. The third-order valence-electron chi connectivity index (χ3n) is 4.44. The van der Waals surface area contributed by atoms with Gasteiger partial charge in [-0.15, -0.1) is 0 Å². The average Bonchev–Trinajstić information content (AvgIpc) is 2.37. The van der Waals surface area contributed by atoms with Crippen molar-refractivity contribution in [1.82, 2.24) is 5.32 Å². The van der Waals surface area contributed by atoms with Gasteiger partial charge in [-0.25, -0.2) is 0 Å². The molecule has 0 atom stereocenters. The molecular weight excluding hydrogens is 254 g/mol. The molecule has 20 heavy (non-hydrogen) atoms. The fourth-order valence-corrected chi connectivity index (χ4v) is 2.98. The van der Waals surface area contributed by atoms with Crippen molar-refractivity contribution in [2.45, 2.75) is 65.7 Å². The van der Waals surface area contributed by atoms with Gasteiger partial charge in [0, 0.05) is 18.9 Å². The predicted octanol–water partition coefficient (Wildman–Crippen LogP) is 3.21. The van der Waals surface area contributed by atoms with Crippen LogP contribution in [-0.2, 0) is 9.59 Å². The van der Waals surface area contributed by atoms with E-state index in [-0.39, 0.29) is 18.2 Å². The van der Waals surface area contributed by atoms with Crippen molar-refractivity contribution >= 4 is 11.9 Å². The largest absolute Gasteiger partial charge is 0.481 e. The molecule has 1 amide bonds. The van der Waals surface area contributed by atoms with Crippen LogP contribution >= 0.6 is 0 Å². The van der Waals surface area contributed by atoms with Crippen molar-refractivity contribution in [2.24, 2.45) is 17.3 Å². The highest BCUT2D eigenvalue weighted by molar-refractivity contribution is 5.78. The van der Waals surface area contributed by atoms with Crippen LogP contribution in [0.2, 0.25) is 0 Å². The maximum Gasteiger partial charge on any atom is 0.303 e. The molecule has 1 fully saturated rings. The zero-order chi connectivity index (χ0) is 15.2. The smallest absolute Gasteiger partial charge is 0.303 e. The molecule has 0 aromatic heterocycles. The number of hydrogen-bond acceptors (Lipinski definition) is 2. The lowest BCUT2D eigenvalue weighted by Gasteiger charge is -2.36. The lowest BCUT2D eigenvalue weighted by molar-refractivity contribution is -0.137. The first-order chi connectivity index (χ1) is 9.30. The van der Waals surface area contributed by atoms with Crippen LogP contribution in [-0.4, -0.2) is 23.5 Å². The molecule has 2 N–H and O–H groups in total. The molecule has 0 aromatic rings. The number of hydrogen-bond donors (Lipinski definition) is 2. The van der Waals surface area contributed by atoms with Crippen LogP contribution in [0.4, 0.5) is 0 Å². The summed E-state index contributed by atoms with van der Waals surface area (Å²) in [6.45, 7) is 7.44. The standard InChI is InChI=1S/C16H29NO3/c1-16(2,3)13-9-7-12(8-10-13)15(20)17-11-5-4-6-14(18)19/h12-13H,4-11H2,1-3H3,(H,17,20)(H,18,19). The molecule has 1 aliphatic carbocycles. The van der Waals surface area contributed by atoms with Gasteiger partial charge in [0.25, 0.3) is 0 Å². The quantitative estimate of drug-likeness (QED) is 0.736. The minimum Gasteiger partial charge on any atom is -0.481 e. The van der Waals surface area contributed by atoms with E-state index in [1.807, 2.05) is 0 Å². The highest BCUT2D eigenvalue weighted by atomic mass is 16.4. The Balaban J connectivity index is 2.18. The van der Waals surface area contributed by atoms with Gasteiger partial charge in [0.15, 0.2) is 0 Å². The van der Waals surface area contributed by atoms with E-state index in [9.17, 15) is 9.59 Å². The van der Waals surface area contributed by atoms with Crippen molar-refractivity contribution in [1.29, 1.82) is 0 Å². The number of nitrogens with one attached hydrogen (secondary N) is 1. The maximum absolute atomic E-state index is 12.0. The van der Waals surface area contributed by atoms with E-state index >= 15 is 0 Å². The minimum atomic E-state index is -0.767. The zero-order valence-electron chi connectivity index (χ0n) is 13.1. The summed E-state index contributed by atoms with van der Waals surface area (Å²) < 4.78 is 0. The number of aliphatic carboxylic acids is 1. The molecule has 0 saturated heterocycles. The normalized spacial score (nSPS) is 23.4. The molecule has 0 bridgehead atoms. The van der Waals surface area contributed by atoms with E-state index in [0.717, 1.165) is 38.0 Å². The molecule has 4 nitrogen and oxygen atoms in total. The highest BCUT2D eigenvalue weighted by Gasteiger charge is 2.32. The molecule has 0 heterocycles. The number of carbonyl (C=O) groups is 2. The number of unbranched alkanes of at least 4 members (excludes halogenated alkanes) is 1. The molecule has 0 unspecified atom stereocenters. The summed E-state index contributed by atoms with van der Waals surface area (Å²) >= 11 is 0. The third-order valence-corrected chi connectivity index (χ3v) is 4.44. The van der Waals surface area contributed by atoms with Gasteiger partial charge in [-0.3, -0.25) is 9.59 Å². The van der Waals surface area contributed by atoms with E-state index in [4.69, 9.17) is 5.11 Å².